The van der Waals surface area contributed by atoms with E-state index < -0.39 is 0 Å². The lowest BCUT2D eigenvalue weighted by molar-refractivity contribution is 0.0518. The number of carbonyl (C=O) groups excluding carboxylic acids is 1. The molecule has 0 radical (unpaired) electrons. The molecule has 82 valence electrons. The number of rotatable bonds is 2. The van der Waals surface area contributed by atoms with Crippen LogP contribution in [0.4, 0.5) is 0 Å². The molecule has 0 amide bonds. The van der Waals surface area contributed by atoms with Crippen molar-refractivity contribution in [3.8, 4) is 0 Å². The number of fused-ring (bicyclic) bond motifs is 1. The predicted octanol–water partition coefficient (Wildman–Crippen LogP) is 2.18. The van der Waals surface area contributed by atoms with E-state index in [0.717, 1.165) is 12.8 Å². The van der Waals surface area contributed by atoms with Crippen LogP contribution < -0.4 is 0 Å². The van der Waals surface area contributed by atoms with Crippen molar-refractivity contribution < 1.29 is 9.53 Å². The third-order valence-corrected chi connectivity index (χ3v) is 3.42. The summed E-state index contributed by atoms with van der Waals surface area (Å²) in [7, 11) is 2.61. The highest BCUT2D eigenvalue weighted by molar-refractivity contribution is 7.14. The Balaban J connectivity index is 2.32. The Hall–Kier alpha value is -0.820. The second-order valence-corrected chi connectivity index (χ2v) is 4.32. The van der Waals surface area contributed by atoms with E-state index in [1.807, 2.05) is 17.3 Å². The normalized spacial score (nSPS) is 14.8. The van der Waals surface area contributed by atoms with Crippen LogP contribution in [0.1, 0.15) is 41.5 Å². The number of aromatic nitrogens is 1. The first-order valence-corrected chi connectivity index (χ1v) is 5.91. The average molecular weight is 225 g/mol. The summed E-state index contributed by atoms with van der Waals surface area (Å²) >= 11 is 0. The maximum Gasteiger partial charge on any atom is 0.355 e. The SMILES string of the molecule is CCOC(=O)c1cc2c(n1P)CCCC2. The number of nitrogens with zero attached hydrogens (tertiary/aromatic N) is 1. The molecule has 1 unspecified atom stereocenters. The van der Waals surface area contributed by atoms with Gasteiger partial charge in [0.1, 0.15) is 5.69 Å². The van der Waals surface area contributed by atoms with Crippen LogP contribution >= 0.6 is 9.39 Å². The summed E-state index contributed by atoms with van der Waals surface area (Å²) in [5, 5.41) is 0. The van der Waals surface area contributed by atoms with Gasteiger partial charge >= 0.3 is 5.97 Å². The lowest BCUT2D eigenvalue weighted by Gasteiger charge is -2.12. The van der Waals surface area contributed by atoms with E-state index in [0.29, 0.717) is 12.3 Å². The number of hydrogen-bond acceptors (Lipinski definition) is 2. The Morgan fingerprint density at radius 3 is 2.93 bits per heavy atom. The molecule has 0 aromatic carbocycles. The quantitative estimate of drug-likeness (QED) is 0.570. The van der Waals surface area contributed by atoms with Crippen molar-refractivity contribution in [3.63, 3.8) is 0 Å². The Morgan fingerprint density at radius 1 is 1.53 bits per heavy atom. The van der Waals surface area contributed by atoms with Gasteiger partial charge in [0.15, 0.2) is 0 Å². The van der Waals surface area contributed by atoms with Gasteiger partial charge in [0, 0.05) is 5.69 Å². The summed E-state index contributed by atoms with van der Waals surface area (Å²) in [6, 6.07) is 1.97. The second-order valence-electron chi connectivity index (χ2n) is 3.80. The van der Waals surface area contributed by atoms with Crippen LogP contribution in [0, 0.1) is 0 Å². The van der Waals surface area contributed by atoms with E-state index in [9.17, 15) is 4.79 Å². The summed E-state index contributed by atoms with van der Waals surface area (Å²) < 4.78 is 6.92. The van der Waals surface area contributed by atoms with Gasteiger partial charge in [-0.2, -0.15) is 0 Å². The smallest absolute Gasteiger partial charge is 0.355 e. The highest BCUT2D eigenvalue weighted by Crippen LogP contribution is 2.27. The summed E-state index contributed by atoms with van der Waals surface area (Å²) in [5.74, 6) is -0.220. The molecule has 1 aromatic rings. The molecule has 0 aliphatic heterocycles. The van der Waals surface area contributed by atoms with Gasteiger partial charge in [0.05, 0.1) is 6.61 Å². The maximum absolute atomic E-state index is 11.6. The van der Waals surface area contributed by atoms with Crippen LogP contribution in [-0.4, -0.2) is 16.9 Å². The van der Waals surface area contributed by atoms with Crippen LogP contribution in [0.15, 0.2) is 6.07 Å². The lowest BCUT2D eigenvalue weighted by atomic mass is 9.98. The van der Waals surface area contributed by atoms with Crippen molar-refractivity contribution >= 4 is 15.4 Å². The van der Waals surface area contributed by atoms with E-state index >= 15 is 0 Å². The highest BCUT2D eigenvalue weighted by atomic mass is 31.0. The number of hydrogen-bond donors (Lipinski definition) is 0. The fourth-order valence-corrected chi connectivity index (χ4v) is 2.56. The van der Waals surface area contributed by atoms with E-state index in [-0.39, 0.29) is 5.97 Å². The van der Waals surface area contributed by atoms with Gasteiger partial charge in [-0.05, 0) is 53.6 Å². The van der Waals surface area contributed by atoms with Crippen LogP contribution in [0.3, 0.4) is 0 Å². The first kappa shape index (κ1) is 10.7. The summed E-state index contributed by atoms with van der Waals surface area (Å²) in [6.07, 6.45) is 4.60. The number of aryl methyl sites for hydroxylation is 1. The molecule has 0 saturated heterocycles. The molecule has 1 heterocycles. The standard InChI is InChI=1S/C11H16NO2P/c1-2-14-11(13)10-7-8-5-3-4-6-9(8)12(10)15/h7H,2-6,15H2,1H3. The minimum Gasteiger partial charge on any atom is -0.461 e. The Kier molecular flexibility index (Phi) is 3.11. The zero-order valence-electron chi connectivity index (χ0n) is 8.95. The van der Waals surface area contributed by atoms with Crippen LogP contribution in [0.5, 0.6) is 0 Å². The van der Waals surface area contributed by atoms with Gasteiger partial charge in [0.25, 0.3) is 0 Å². The number of esters is 1. The fraction of sp³-hybridized carbons (Fsp3) is 0.545. The van der Waals surface area contributed by atoms with Crippen molar-refractivity contribution in [2.45, 2.75) is 32.6 Å². The van der Waals surface area contributed by atoms with Crippen molar-refractivity contribution in [1.29, 1.82) is 0 Å². The van der Waals surface area contributed by atoms with E-state index in [1.165, 1.54) is 24.1 Å². The molecule has 2 rings (SSSR count). The molecule has 0 N–H and O–H groups in total. The van der Waals surface area contributed by atoms with Crippen molar-refractivity contribution in [3.05, 3.63) is 23.0 Å². The maximum atomic E-state index is 11.6. The largest absolute Gasteiger partial charge is 0.461 e. The van der Waals surface area contributed by atoms with Crippen LogP contribution in [-0.2, 0) is 17.6 Å². The van der Waals surface area contributed by atoms with E-state index in [1.54, 1.807) is 0 Å². The topological polar surface area (TPSA) is 31.2 Å². The van der Waals surface area contributed by atoms with Crippen molar-refractivity contribution in [1.82, 2.24) is 4.34 Å². The van der Waals surface area contributed by atoms with Gasteiger partial charge in [-0.25, -0.2) is 4.79 Å². The van der Waals surface area contributed by atoms with Gasteiger partial charge in [0.2, 0.25) is 0 Å². The second kappa shape index (κ2) is 4.36. The summed E-state index contributed by atoms with van der Waals surface area (Å²) in [4.78, 5) is 11.6. The zero-order valence-corrected chi connectivity index (χ0v) is 10.1. The van der Waals surface area contributed by atoms with Gasteiger partial charge in [-0.15, -0.1) is 0 Å². The molecule has 15 heavy (non-hydrogen) atoms. The van der Waals surface area contributed by atoms with Crippen molar-refractivity contribution in [2.24, 2.45) is 0 Å². The highest BCUT2D eigenvalue weighted by Gasteiger charge is 2.20. The molecular formula is C11H16NO2P. The fourth-order valence-electron chi connectivity index (χ4n) is 2.09. The summed E-state index contributed by atoms with van der Waals surface area (Å²) in [6.45, 7) is 2.26. The van der Waals surface area contributed by atoms with Gasteiger partial charge in [-0.1, -0.05) is 0 Å². The molecule has 1 aliphatic rings. The molecular weight excluding hydrogens is 209 g/mol. The Bertz CT molecular complexity index is 384. The first-order chi connectivity index (χ1) is 7.24. The molecule has 1 aromatic heterocycles. The molecule has 0 bridgehead atoms. The Morgan fingerprint density at radius 2 is 2.27 bits per heavy atom. The first-order valence-electron chi connectivity index (χ1n) is 5.39. The Labute approximate surface area is 92.1 Å². The monoisotopic (exact) mass is 225 g/mol. The molecule has 0 spiro atoms. The molecule has 3 nitrogen and oxygen atoms in total. The minimum absolute atomic E-state index is 0.220. The average Bonchev–Trinajstić information content (AvgIpc) is 2.57. The molecule has 4 heteroatoms. The third kappa shape index (κ3) is 1.93. The van der Waals surface area contributed by atoms with Gasteiger partial charge < -0.3 is 9.07 Å². The molecule has 1 atom stereocenters. The van der Waals surface area contributed by atoms with Crippen molar-refractivity contribution in [2.75, 3.05) is 6.61 Å². The van der Waals surface area contributed by atoms with Gasteiger partial charge in [-0.3, -0.25) is 0 Å². The lowest BCUT2D eigenvalue weighted by Crippen LogP contribution is -2.09. The van der Waals surface area contributed by atoms with Crippen LogP contribution in [0.2, 0.25) is 0 Å². The van der Waals surface area contributed by atoms with E-state index in [2.05, 4.69) is 9.39 Å². The number of carbonyl (C=O) groups is 1. The molecule has 0 saturated carbocycles. The summed E-state index contributed by atoms with van der Waals surface area (Å²) in [5.41, 5.74) is 3.24. The number of ether oxygens (including phenoxy) is 1. The molecule has 1 aliphatic carbocycles. The zero-order chi connectivity index (χ0) is 10.8. The van der Waals surface area contributed by atoms with Crippen LogP contribution in [0.25, 0.3) is 0 Å². The van der Waals surface area contributed by atoms with E-state index in [4.69, 9.17) is 4.74 Å². The third-order valence-electron chi connectivity index (χ3n) is 2.83. The predicted molar refractivity (Wildman–Crippen MR) is 62.1 cm³/mol. The minimum atomic E-state index is -0.220. The molecule has 0 fully saturated rings.